The van der Waals surface area contributed by atoms with Crippen LogP contribution in [0.1, 0.15) is 30.5 Å². The highest BCUT2D eigenvalue weighted by atomic mass is 16.4. The summed E-state index contributed by atoms with van der Waals surface area (Å²) in [7, 11) is 2.05. The van der Waals surface area contributed by atoms with Crippen molar-refractivity contribution in [2.24, 2.45) is 18.4 Å². The average Bonchev–Trinajstić information content (AvgIpc) is 3.38. The molecule has 5 rings (SSSR count). The summed E-state index contributed by atoms with van der Waals surface area (Å²) in [5, 5.41) is 14.2. The zero-order chi connectivity index (χ0) is 18.8. The summed E-state index contributed by atoms with van der Waals surface area (Å²) in [4.78, 5) is 26.9. The largest absolute Gasteiger partial charge is 0.481 e. The molecule has 2 N–H and O–H groups in total. The maximum Gasteiger partial charge on any atom is 0.308 e. The quantitative estimate of drug-likeness (QED) is 0.850. The van der Waals surface area contributed by atoms with Crippen molar-refractivity contribution in [1.29, 1.82) is 0 Å². The van der Waals surface area contributed by atoms with E-state index in [0.717, 1.165) is 31.5 Å². The molecule has 6 nitrogen and oxygen atoms in total. The minimum atomic E-state index is -0.853. The molecule has 142 valence electrons. The molecule has 1 saturated heterocycles. The Hall–Kier alpha value is -2.34. The van der Waals surface area contributed by atoms with Gasteiger partial charge in [-0.3, -0.25) is 9.59 Å². The minimum Gasteiger partial charge on any atom is -0.481 e. The van der Waals surface area contributed by atoms with Crippen LogP contribution in [0.15, 0.2) is 24.3 Å². The Bertz CT molecular complexity index is 944. The molecule has 1 spiro atoms. The third kappa shape index (κ3) is 2.57. The molecule has 0 radical (unpaired) electrons. The number of rotatable bonds is 2. The van der Waals surface area contributed by atoms with Crippen LogP contribution in [0.4, 0.5) is 0 Å². The fraction of sp³-hybridized carbons (Fsp3) is 0.524. The number of aromatic nitrogens is 1. The third-order valence-corrected chi connectivity index (χ3v) is 6.92. The van der Waals surface area contributed by atoms with Crippen LogP contribution in [0, 0.1) is 11.3 Å². The van der Waals surface area contributed by atoms with Crippen molar-refractivity contribution in [2.75, 3.05) is 13.1 Å². The number of aliphatic carboxylic acids is 1. The van der Waals surface area contributed by atoms with Crippen LogP contribution in [0.3, 0.4) is 0 Å². The van der Waals surface area contributed by atoms with Crippen LogP contribution in [-0.4, -0.2) is 45.6 Å². The number of carbonyl (C=O) groups is 2. The third-order valence-electron chi connectivity index (χ3n) is 6.92. The number of nitrogens with one attached hydrogen (secondary N) is 1. The number of hydrogen-bond acceptors (Lipinski definition) is 3. The van der Waals surface area contributed by atoms with E-state index >= 15 is 0 Å². The van der Waals surface area contributed by atoms with Gasteiger partial charge in [0.25, 0.3) is 0 Å². The molecule has 2 fully saturated rings. The first-order chi connectivity index (χ1) is 13.0. The number of aryl methyl sites for hydroxylation is 1. The predicted molar refractivity (Wildman–Crippen MR) is 101 cm³/mol. The highest BCUT2D eigenvalue weighted by Gasteiger charge is 2.53. The highest BCUT2D eigenvalue weighted by molar-refractivity contribution is 5.89. The lowest BCUT2D eigenvalue weighted by Gasteiger charge is -2.38. The van der Waals surface area contributed by atoms with Gasteiger partial charge in [0, 0.05) is 36.7 Å². The Morgan fingerprint density at radius 2 is 2.04 bits per heavy atom. The zero-order valence-corrected chi connectivity index (χ0v) is 15.6. The van der Waals surface area contributed by atoms with E-state index < -0.39 is 17.9 Å². The Kier molecular flexibility index (Phi) is 3.63. The van der Waals surface area contributed by atoms with Crippen LogP contribution < -0.4 is 5.32 Å². The summed E-state index contributed by atoms with van der Waals surface area (Å²) >= 11 is 0. The van der Waals surface area contributed by atoms with Crippen LogP contribution >= 0.6 is 0 Å². The number of piperidine rings is 1. The number of para-hydroxylation sites is 1. The molecule has 1 aliphatic carbocycles. The van der Waals surface area contributed by atoms with Gasteiger partial charge in [0.05, 0.1) is 12.5 Å². The molecule has 1 aromatic heterocycles. The first-order valence-corrected chi connectivity index (χ1v) is 9.79. The number of nitrogens with zero attached hydrogens (tertiary/aromatic N) is 2. The molecular weight excluding hydrogens is 342 g/mol. The van der Waals surface area contributed by atoms with Crippen molar-refractivity contribution in [3.05, 3.63) is 35.5 Å². The molecule has 2 aromatic rings. The van der Waals surface area contributed by atoms with Crippen LogP contribution in [0.2, 0.25) is 0 Å². The predicted octanol–water partition coefficient (Wildman–Crippen LogP) is 1.91. The molecule has 6 heteroatoms. The number of amides is 1. The second-order valence-electron chi connectivity index (χ2n) is 8.52. The molecule has 27 heavy (non-hydrogen) atoms. The Morgan fingerprint density at radius 3 is 2.78 bits per heavy atom. The summed E-state index contributed by atoms with van der Waals surface area (Å²) in [5.41, 5.74) is 3.80. The Labute approximate surface area is 158 Å². The van der Waals surface area contributed by atoms with Crippen molar-refractivity contribution in [3.63, 3.8) is 0 Å². The number of fused-ring (bicyclic) bond motifs is 3. The van der Waals surface area contributed by atoms with Gasteiger partial charge in [-0.25, -0.2) is 0 Å². The summed E-state index contributed by atoms with van der Waals surface area (Å²) in [5.74, 6) is -1.54. The van der Waals surface area contributed by atoms with Crippen molar-refractivity contribution in [3.8, 4) is 0 Å². The SMILES string of the molecule is Cn1c2c(c3ccccc31)CCN(C(=O)C1NCC3(CC3)CC1C(=O)O)C2. The fourth-order valence-corrected chi connectivity index (χ4v) is 5.07. The van der Waals surface area contributed by atoms with Crippen molar-refractivity contribution >= 4 is 22.8 Å². The first kappa shape index (κ1) is 16.8. The average molecular weight is 367 g/mol. The molecule has 1 aromatic carbocycles. The topological polar surface area (TPSA) is 74.6 Å². The molecule has 1 saturated carbocycles. The second-order valence-corrected chi connectivity index (χ2v) is 8.52. The van der Waals surface area contributed by atoms with E-state index in [-0.39, 0.29) is 11.3 Å². The molecule has 3 aliphatic rings. The highest BCUT2D eigenvalue weighted by Crippen LogP contribution is 2.52. The maximum absolute atomic E-state index is 13.2. The van der Waals surface area contributed by atoms with E-state index in [1.165, 1.54) is 16.5 Å². The van der Waals surface area contributed by atoms with Gasteiger partial charge in [-0.05, 0) is 42.7 Å². The standard InChI is InChI=1S/C21H25N3O3/c1-23-16-5-3-2-4-13(16)14-6-9-24(11-17(14)23)19(25)18-15(20(26)27)10-21(7-8-21)12-22-18/h2-5,15,18,22H,6-12H2,1H3,(H,26,27). The van der Waals surface area contributed by atoms with Crippen LogP contribution in [-0.2, 0) is 29.6 Å². The molecular formula is C21H25N3O3. The van der Waals surface area contributed by atoms with Gasteiger partial charge >= 0.3 is 5.97 Å². The van der Waals surface area contributed by atoms with Gasteiger partial charge in [0.2, 0.25) is 5.91 Å². The zero-order valence-electron chi connectivity index (χ0n) is 15.6. The number of benzene rings is 1. The monoisotopic (exact) mass is 367 g/mol. The van der Waals surface area contributed by atoms with Crippen molar-refractivity contribution in [2.45, 2.75) is 38.3 Å². The number of carboxylic acids is 1. The maximum atomic E-state index is 13.2. The summed E-state index contributed by atoms with van der Waals surface area (Å²) < 4.78 is 2.17. The summed E-state index contributed by atoms with van der Waals surface area (Å²) in [6, 6.07) is 7.73. The molecule has 3 heterocycles. The number of hydrogen-bond donors (Lipinski definition) is 2. The first-order valence-electron chi connectivity index (χ1n) is 9.79. The van der Waals surface area contributed by atoms with E-state index in [0.29, 0.717) is 19.5 Å². The lowest BCUT2D eigenvalue weighted by Crippen LogP contribution is -2.58. The number of carbonyl (C=O) groups excluding carboxylic acids is 1. The van der Waals surface area contributed by atoms with E-state index in [2.05, 4.69) is 28.1 Å². The summed E-state index contributed by atoms with van der Waals surface area (Å²) in [6.07, 6.45) is 3.59. The summed E-state index contributed by atoms with van der Waals surface area (Å²) in [6.45, 7) is 1.96. The van der Waals surface area contributed by atoms with Gasteiger partial charge in [-0.15, -0.1) is 0 Å². The van der Waals surface area contributed by atoms with Crippen LogP contribution in [0.5, 0.6) is 0 Å². The molecule has 1 amide bonds. The van der Waals surface area contributed by atoms with Gasteiger partial charge in [-0.2, -0.15) is 0 Å². The van der Waals surface area contributed by atoms with E-state index in [1.54, 1.807) is 0 Å². The van der Waals surface area contributed by atoms with E-state index in [1.807, 2.05) is 18.0 Å². The Balaban J connectivity index is 1.41. The smallest absolute Gasteiger partial charge is 0.308 e. The molecule has 2 unspecified atom stereocenters. The molecule has 2 aliphatic heterocycles. The van der Waals surface area contributed by atoms with Crippen molar-refractivity contribution < 1.29 is 14.7 Å². The fourth-order valence-electron chi connectivity index (χ4n) is 5.07. The van der Waals surface area contributed by atoms with E-state index in [4.69, 9.17) is 0 Å². The molecule has 2 atom stereocenters. The van der Waals surface area contributed by atoms with Gasteiger partial charge in [0.15, 0.2) is 0 Å². The van der Waals surface area contributed by atoms with Crippen molar-refractivity contribution in [1.82, 2.24) is 14.8 Å². The minimum absolute atomic E-state index is 0.0613. The molecule has 0 bridgehead atoms. The van der Waals surface area contributed by atoms with E-state index in [9.17, 15) is 14.7 Å². The van der Waals surface area contributed by atoms with Crippen LogP contribution in [0.25, 0.3) is 10.9 Å². The van der Waals surface area contributed by atoms with Gasteiger partial charge < -0.3 is 19.9 Å². The van der Waals surface area contributed by atoms with Gasteiger partial charge in [0.1, 0.15) is 6.04 Å². The lowest BCUT2D eigenvalue weighted by atomic mass is 9.81. The van der Waals surface area contributed by atoms with Gasteiger partial charge in [-0.1, -0.05) is 18.2 Å². The Morgan fingerprint density at radius 1 is 1.26 bits per heavy atom. The normalized spacial score (nSPS) is 26.2. The number of carboxylic acid groups (broad SMARTS) is 1. The second kappa shape index (κ2) is 5.83. The lowest BCUT2D eigenvalue weighted by molar-refractivity contribution is -0.151.